The Kier molecular flexibility index (Phi) is 4.16. The van der Waals surface area contributed by atoms with Gasteiger partial charge in [-0.25, -0.2) is 0 Å². The summed E-state index contributed by atoms with van der Waals surface area (Å²) in [6.07, 6.45) is 2.44. The SMILES string of the molecule is CCC(CC)(CS)CN1Cc2ccccc2C1. The van der Waals surface area contributed by atoms with Gasteiger partial charge in [0.2, 0.25) is 0 Å². The molecule has 1 nitrogen and oxygen atoms in total. The van der Waals surface area contributed by atoms with E-state index in [1.807, 2.05) is 0 Å². The summed E-state index contributed by atoms with van der Waals surface area (Å²) in [5.74, 6) is 0.993. The lowest BCUT2D eigenvalue weighted by atomic mass is 9.84. The summed E-state index contributed by atoms with van der Waals surface area (Å²) in [5, 5.41) is 0. The molecule has 0 saturated heterocycles. The van der Waals surface area contributed by atoms with E-state index in [4.69, 9.17) is 0 Å². The Balaban J connectivity index is 2.04. The lowest BCUT2D eigenvalue weighted by Gasteiger charge is -2.34. The lowest BCUT2D eigenvalue weighted by molar-refractivity contribution is 0.158. The van der Waals surface area contributed by atoms with Crippen LogP contribution in [0.3, 0.4) is 0 Å². The first-order valence-electron chi connectivity index (χ1n) is 6.63. The Morgan fingerprint density at radius 2 is 1.65 bits per heavy atom. The van der Waals surface area contributed by atoms with E-state index in [2.05, 4.69) is 55.6 Å². The van der Waals surface area contributed by atoms with Crippen molar-refractivity contribution in [2.75, 3.05) is 12.3 Å². The topological polar surface area (TPSA) is 3.24 Å². The average molecular weight is 249 g/mol. The molecule has 0 atom stereocenters. The van der Waals surface area contributed by atoms with Gasteiger partial charge in [0, 0.05) is 19.6 Å². The Labute approximate surface area is 111 Å². The molecule has 2 rings (SSSR count). The molecule has 1 aliphatic rings. The number of hydrogen-bond acceptors (Lipinski definition) is 2. The van der Waals surface area contributed by atoms with Gasteiger partial charge in [-0.05, 0) is 35.1 Å². The van der Waals surface area contributed by atoms with Crippen LogP contribution in [0.25, 0.3) is 0 Å². The number of benzene rings is 1. The summed E-state index contributed by atoms with van der Waals surface area (Å²) >= 11 is 4.57. The minimum atomic E-state index is 0.394. The molecule has 0 aliphatic carbocycles. The van der Waals surface area contributed by atoms with Crippen molar-refractivity contribution in [3.63, 3.8) is 0 Å². The summed E-state index contributed by atoms with van der Waals surface area (Å²) in [6.45, 7) is 8.00. The zero-order chi connectivity index (χ0) is 12.3. The standard InChI is InChI=1S/C15H23NS/c1-3-15(4-2,12-17)11-16-9-13-7-5-6-8-14(13)10-16/h5-8,17H,3-4,9-12H2,1-2H3. The lowest BCUT2D eigenvalue weighted by Crippen LogP contribution is -2.35. The third kappa shape index (κ3) is 2.69. The molecule has 1 aliphatic heterocycles. The number of thiol groups is 1. The van der Waals surface area contributed by atoms with E-state index in [0.29, 0.717) is 5.41 Å². The molecule has 17 heavy (non-hydrogen) atoms. The summed E-state index contributed by atoms with van der Waals surface area (Å²) in [7, 11) is 0. The van der Waals surface area contributed by atoms with Gasteiger partial charge in [0.1, 0.15) is 0 Å². The fourth-order valence-corrected chi connectivity index (χ4v) is 3.28. The molecule has 1 heterocycles. The second kappa shape index (κ2) is 5.45. The third-order valence-corrected chi connectivity index (χ3v) is 4.97. The number of nitrogens with zero attached hydrogens (tertiary/aromatic N) is 1. The van der Waals surface area contributed by atoms with Crippen molar-refractivity contribution < 1.29 is 0 Å². The highest BCUT2D eigenvalue weighted by molar-refractivity contribution is 7.80. The van der Waals surface area contributed by atoms with Crippen LogP contribution in [0.2, 0.25) is 0 Å². The molecule has 1 aromatic rings. The molecule has 94 valence electrons. The van der Waals surface area contributed by atoms with Gasteiger partial charge in [-0.1, -0.05) is 38.1 Å². The molecule has 0 N–H and O–H groups in total. The molecule has 2 heteroatoms. The predicted octanol–water partition coefficient (Wildman–Crippen LogP) is 3.74. The maximum Gasteiger partial charge on any atom is 0.0240 e. The first kappa shape index (κ1) is 13.0. The molecule has 0 spiro atoms. The number of hydrogen-bond donors (Lipinski definition) is 1. The summed E-state index contributed by atoms with van der Waals surface area (Å²) in [6, 6.07) is 8.81. The molecule has 0 aromatic heterocycles. The molecule has 0 radical (unpaired) electrons. The van der Waals surface area contributed by atoms with Crippen LogP contribution >= 0.6 is 12.6 Å². The van der Waals surface area contributed by atoms with Crippen LogP contribution in [0, 0.1) is 5.41 Å². The highest BCUT2D eigenvalue weighted by atomic mass is 32.1. The van der Waals surface area contributed by atoms with Crippen molar-refractivity contribution in [1.82, 2.24) is 4.90 Å². The number of fused-ring (bicyclic) bond motifs is 1. The zero-order valence-corrected chi connectivity index (χ0v) is 11.8. The van der Waals surface area contributed by atoms with Crippen LogP contribution in [-0.2, 0) is 13.1 Å². The van der Waals surface area contributed by atoms with Crippen molar-refractivity contribution in [1.29, 1.82) is 0 Å². The first-order chi connectivity index (χ1) is 8.23. The van der Waals surface area contributed by atoms with Gasteiger partial charge in [0.25, 0.3) is 0 Å². The van der Waals surface area contributed by atoms with Gasteiger partial charge in [-0.3, -0.25) is 4.90 Å². The minimum absolute atomic E-state index is 0.394. The van der Waals surface area contributed by atoms with Gasteiger partial charge in [-0.2, -0.15) is 12.6 Å². The van der Waals surface area contributed by atoms with Crippen LogP contribution < -0.4 is 0 Å². The second-order valence-corrected chi connectivity index (χ2v) is 5.60. The smallest absolute Gasteiger partial charge is 0.0240 e. The Bertz CT molecular complexity index is 338. The summed E-state index contributed by atoms with van der Waals surface area (Å²) < 4.78 is 0. The van der Waals surface area contributed by atoms with Crippen molar-refractivity contribution >= 4 is 12.6 Å². The molecular weight excluding hydrogens is 226 g/mol. The fourth-order valence-electron chi connectivity index (χ4n) is 2.74. The van der Waals surface area contributed by atoms with Crippen LogP contribution in [0.5, 0.6) is 0 Å². The van der Waals surface area contributed by atoms with Crippen LogP contribution in [0.15, 0.2) is 24.3 Å². The second-order valence-electron chi connectivity index (χ2n) is 5.28. The molecule has 0 unspecified atom stereocenters. The van der Waals surface area contributed by atoms with E-state index in [1.165, 1.54) is 30.5 Å². The molecule has 0 bridgehead atoms. The average Bonchev–Trinajstić information content (AvgIpc) is 2.78. The number of rotatable bonds is 5. The maximum atomic E-state index is 4.57. The van der Waals surface area contributed by atoms with Crippen LogP contribution in [0.1, 0.15) is 37.8 Å². The molecule has 0 amide bonds. The molecule has 0 fully saturated rings. The van der Waals surface area contributed by atoms with E-state index in [9.17, 15) is 0 Å². The molecule has 1 aromatic carbocycles. The Morgan fingerprint density at radius 3 is 2.06 bits per heavy atom. The quantitative estimate of drug-likeness (QED) is 0.778. The predicted molar refractivity (Wildman–Crippen MR) is 77.4 cm³/mol. The van der Waals surface area contributed by atoms with Gasteiger partial charge in [0.15, 0.2) is 0 Å². The van der Waals surface area contributed by atoms with E-state index < -0.39 is 0 Å². The third-order valence-electron chi connectivity index (χ3n) is 4.30. The van der Waals surface area contributed by atoms with Crippen LogP contribution in [-0.4, -0.2) is 17.2 Å². The normalized spacial score (nSPS) is 16.2. The van der Waals surface area contributed by atoms with Gasteiger partial charge in [-0.15, -0.1) is 0 Å². The summed E-state index contributed by atoms with van der Waals surface area (Å²) in [5.41, 5.74) is 3.41. The fraction of sp³-hybridized carbons (Fsp3) is 0.600. The highest BCUT2D eigenvalue weighted by Crippen LogP contribution is 2.32. The van der Waals surface area contributed by atoms with E-state index in [0.717, 1.165) is 18.8 Å². The van der Waals surface area contributed by atoms with E-state index in [-0.39, 0.29) is 0 Å². The largest absolute Gasteiger partial charge is 0.294 e. The zero-order valence-electron chi connectivity index (χ0n) is 10.9. The van der Waals surface area contributed by atoms with Crippen LogP contribution in [0.4, 0.5) is 0 Å². The molecule has 0 saturated carbocycles. The minimum Gasteiger partial charge on any atom is -0.294 e. The van der Waals surface area contributed by atoms with Gasteiger partial charge >= 0.3 is 0 Å². The van der Waals surface area contributed by atoms with E-state index in [1.54, 1.807) is 0 Å². The van der Waals surface area contributed by atoms with Gasteiger partial charge in [0.05, 0.1) is 0 Å². The maximum absolute atomic E-state index is 4.57. The highest BCUT2D eigenvalue weighted by Gasteiger charge is 2.29. The van der Waals surface area contributed by atoms with Gasteiger partial charge < -0.3 is 0 Å². The summed E-state index contributed by atoms with van der Waals surface area (Å²) in [4.78, 5) is 2.58. The monoisotopic (exact) mass is 249 g/mol. The van der Waals surface area contributed by atoms with Crippen molar-refractivity contribution in [3.05, 3.63) is 35.4 Å². The van der Waals surface area contributed by atoms with Crippen molar-refractivity contribution in [3.8, 4) is 0 Å². The van der Waals surface area contributed by atoms with Crippen molar-refractivity contribution in [2.45, 2.75) is 39.8 Å². The van der Waals surface area contributed by atoms with E-state index >= 15 is 0 Å². The van der Waals surface area contributed by atoms with Crippen molar-refractivity contribution in [2.24, 2.45) is 5.41 Å². The first-order valence-corrected chi connectivity index (χ1v) is 7.26. The molecular formula is C15H23NS. The Morgan fingerprint density at radius 1 is 1.12 bits per heavy atom. The Hall–Kier alpha value is -0.470.